The number of nitro benzene ring substituents is 1. The van der Waals surface area contributed by atoms with Crippen molar-refractivity contribution in [2.75, 3.05) is 37.4 Å². The molecule has 0 bridgehead atoms. The molecule has 0 spiro atoms. The first-order chi connectivity index (χ1) is 11.1. The Hall–Kier alpha value is -2.60. The van der Waals surface area contributed by atoms with Crippen LogP contribution in [0.3, 0.4) is 0 Å². The van der Waals surface area contributed by atoms with Crippen molar-refractivity contribution in [1.82, 2.24) is 5.32 Å². The lowest BCUT2D eigenvalue weighted by Gasteiger charge is -2.13. The Labute approximate surface area is 136 Å². The fraction of sp³-hybridized carbons (Fsp3) is 0.294. The highest BCUT2D eigenvalue weighted by Crippen LogP contribution is 2.15. The zero-order chi connectivity index (χ0) is 16.7. The van der Waals surface area contributed by atoms with E-state index in [2.05, 4.69) is 39.8 Å². The van der Waals surface area contributed by atoms with Gasteiger partial charge in [-0.2, -0.15) is 0 Å². The number of rotatable bonds is 8. The van der Waals surface area contributed by atoms with E-state index in [4.69, 9.17) is 0 Å². The third-order valence-corrected chi connectivity index (χ3v) is 3.49. The van der Waals surface area contributed by atoms with Crippen molar-refractivity contribution in [2.45, 2.75) is 6.54 Å². The van der Waals surface area contributed by atoms with Gasteiger partial charge in [-0.1, -0.05) is 12.1 Å². The van der Waals surface area contributed by atoms with Gasteiger partial charge in [-0.25, -0.2) is 0 Å². The van der Waals surface area contributed by atoms with E-state index in [0.29, 0.717) is 0 Å². The van der Waals surface area contributed by atoms with Crippen LogP contribution in [-0.4, -0.2) is 32.1 Å². The van der Waals surface area contributed by atoms with Gasteiger partial charge in [0, 0.05) is 57.2 Å². The minimum atomic E-state index is -0.396. The van der Waals surface area contributed by atoms with Crippen LogP contribution >= 0.6 is 0 Å². The summed E-state index contributed by atoms with van der Waals surface area (Å²) in [6.07, 6.45) is 0. The maximum atomic E-state index is 10.6. The fourth-order valence-corrected chi connectivity index (χ4v) is 2.14. The number of nitrogens with zero attached hydrogens (tertiary/aromatic N) is 2. The summed E-state index contributed by atoms with van der Waals surface area (Å²) < 4.78 is 0. The summed E-state index contributed by atoms with van der Waals surface area (Å²) in [6, 6.07) is 14.9. The summed E-state index contributed by atoms with van der Waals surface area (Å²) in [5, 5.41) is 17.2. The van der Waals surface area contributed by atoms with E-state index in [1.807, 2.05) is 14.1 Å². The van der Waals surface area contributed by atoms with Crippen LogP contribution in [0.15, 0.2) is 48.5 Å². The lowest BCUT2D eigenvalue weighted by Crippen LogP contribution is -2.21. The van der Waals surface area contributed by atoms with Crippen molar-refractivity contribution < 1.29 is 4.92 Å². The molecule has 0 aliphatic heterocycles. The van der Waals surface area contributed by atoms with Crippen molar-refractivity contribution in [1.29, 1.82) is 0 Å². The summed E-state index contributed by atoms with van der Waals surface area (Å²) in [6.45, 7) is 2.38. The maximum Gasteiger partial charge on any atom is 0.269 e. The van der Waals surface area contributed by atoms with Gasteiger partial charge in [0.15, 0.2) is 0 Å². The Bertz CT molecular complexity index is 624. The Kier molecular flexibility index (Phi) is 5.94. The number of nitro groups is 1. The minimum Gasteiger partial charge on any atom is -0.384 e. The largest absolute Gasteiger partial charge is 0.384 e. The van der Waals surface area contributed by atoms with E-state index in [1.54, 1.807) is 12.1 Å². The molecule has 0 amide bonds. The van der Waals surface area contributed by atoms with E-state index < -0.39 is 4.92 Å². The topological polar surface area (TPSA) is 70.4 Å². The average molecular weight is 314 g/mol. The molecule has 23 heavy (non-hydrogen) atoms. The van der Waals surface area contributed by atoms with E-state index in [-0.39, 0.29) is 5.69 Å². The van der Waals surface area contributed by atoms with Crippen LogP contribution in [0.4, 0.5) is 17.1 Å². The SMILES string of the molecule is CN(C)c1ccc(CNCCNc2ccc([N+](=O)[O-])cc2)cc1. The molecule has 0 saturated heterocycles. The van der Waals surface area contributed by atoms with Gasteiger partial charge in [0.2, 0.25) is 0 Å². The lowest BCUT2D eigenvalue weighted by atomic mass is 10.2. The monoisotopic (exact) mass is 314 g/mol. The first kappa shape index (κ1) is 16.8. The standard InChI is InChI=1S/C17H22N4O2/c1-20(2)16-7-3-14(4-8-16)13-18-11-12-19-15-5-9-17(10-6-15)21(22)23/h3-10,18-19H,11-13H2,1-2H3. The van der Waals surface area contributed by atoms with Gasteiger partial charge in [0.05, 0.1) is 4.92 Å². The third kappa shape index (κ3) is 5.27. The van der Waals surface area contributed by atoms with Crippen molar-refractivity contribution in [3.63, 3.8) is 0 Å². The van der Waals surface area contributed by atoms with Gasteiger partial charge in [0.25, 0.3) is 5.69 Å². The molecule has 0 fully saturated rings. The Morgan fingerprint density at radius 3 is 2.22 bits per heavy atom. The zero-order valence-electron chi connectivity index (χ0n) is 13.5. The third-order valence-electron chi connectivity index (χ3n) is 3.49. The second-order valence-corrected chi connectivity index (χ2v) is 5.47. The molecule has 122 valence electrons. The highest BCUT2D eigenvalue weighted by molar-refractivity contribution is 5.48. The average Bonchev–Trinajstić information content (AvgIpc) is 2.55. The van der Waals surface area contributed by atoms with Crippen LogP contribution in [0.2, 0.25) is 0 Å². The number of hydrogen-bond donors (Lipinski definition) is 2. The summed E-state index contributed by atoms with van der Waals surface area (Å²) in [7, 11) is 4.05. The van der Waals surface area contributed by atoms with Gasteiger partial charge < -0.3 is 15.5 Å². The fourth-order valence-electron chi connectivity index (χ4n) is 2.14. The molecule has 0 saturated carbocycles. The Morgan fingerprint density at radius 1 is 1.00 bits per heavy atom. The lowest BCUT2D eigenvalue weighted by molar-refractivity contribution is -0.384. The van der Waals surface area contributed by atoms with Gasteiger partial charge in [0.1, 0.15) is 0 Å². The second-order valence-electron chi connectivity index (χ2n) is 5.47. The summed E-state index contributed by atoms with van der Waals surface area (Å²) in [4.78, 5) is 12.3. The molecule has 2 rings (SSSR count). The van der Waals surface area contributed by atoms with Crippen LogP contribution in [0.25, 0.3) is 0 Å². The zero-order valence-corrected chi connectivity index (χ0v) is 13.5. The molecular formula is C17H22N4O2. The molecule has 0 aromatic heterocycles. The molecule has 0 radical (unpaired) electrons. The van der Waals surface area contributed by atoms with Crippen LogP contribution in [0, 0.1) is 10.1 Å². The molecule has 2 aromatic rings. The van der Waals surface area contributed by atoms with Crippen molar-refractivity contribution in [2.24, 2.45) is 0 Å². The summed E-state index contributed by atoms with van der Waals surface area (Å²) in [5.74, 6) is 0. The van der Waals surface area contributed by atoms with Crippen LogP contribution in [-0.2, 0) is 6.54 Å². The highest BCUT2D eigenvalue weighted by atomic mass is 16.6. The quantitative estimate of drug-likeness (QED) is 0.445. The number of non-ortho nitro benzene ring substituents is 1. The first-order valence-electron chi connectivity index (χ1n) is 7.51. The smallest absolute Gasteiger partial charge is 0.269 e. The van der Waals surface area contributed by atoms with Crippen molar-refractivity contribution in [3.05, 3.63) is 64.2 Å². The molecule has 0 aliphatic rings. The van der Waals surface area contributed by atoms with Crippen LogP contribution in [0.5, 0.6) is 0 Å². The predicted octanol–water partition coefficient (Wildman–Crippen LogP) is 2.86. The van der Waals surface area contributed by atoms with Gasteiger partial charge in [-0.05, 0) is 29.8 Å². The molecule has 0 aliphatic carbocycles. The first-order valence-corrected chi connectivity index (χ1v) is 7.51. The number of nitrogens with one attached hydrogen (secondary N) is 2. The van der Waals surface area contributed by atoms with Gasteiger partial charge in [-0.3, -0.25) is 10.1 Å². The molecule has 6 nitrogen and oxygen atoms in total. The van der Waals surface area contributed by atoms with Crippen molar-refractivity contribution >= 4 is 17.1 Å². The Morgan fingerprint density at radius 2 is 1.65 bits per heavy atom. The molecule has 0 unspecified atom stereocenters. The Balaban J connectivity index is 1.68. The normalized spacial score (nSPS) is 10.3. The van der Waals surface area contributed by atoms with Gasteiger partial charge >= 0.3 is 0 Å². The van der Waals surface area contributed by atoms with E-state index in [0.717, 1.165) is 25.3 Å². The van der Waals surface area contributed by atoms with E-state index in [9.17, 15) is 10.1 Å². The van der Waals surface area contributed by atoms with Crippen LogP contribution in [0.1, 0.15) is 5.56 Å². The number of benzene rings is 2. The van der Waals surface area contributed by atoms with Crippen molar-refractivity contribution in [3.8, 4) is 0 Å². The minimum absolute atomic E-state index is 0.106. The molecule has 0 heterocycles. The molecular weight excluding hydrogens is 292 g/mol. The predicted molar refractivity (Wildman–Crippen MR) is 94.1 cm³/mol. The number of hydrogen-bond acceptors (Lipinski definition) is 5. The van der Waals surface area contributed by atoms with E-state index >= 15 is 0 Å². The molecule has 2 N–H and O–H groups in total. The van der Waals surface area contributed by atoms with Crippen LogP contribution < -0.4 is 15.5 Å². The molecule has 2 aromatic carbocycles. The van der Waals surface area contributed by atoms with E-state index in [1.165, 1.54) is 23.4 Å². The second kappa shape index (κ2) is 8.14. The summed E-state index contributed by atoms with van der Waals surface area (Å²) in [5.41, 5.74) is 3.42. The summed E-state index contributed by atoms with van der Waals surface area (Å²) >= 11 is 0. The molecule has 6 heteroatoms. The number of anilines is 2. The molecule has 0 atom stereocenters. The maximum absolute atomic E-state index is 10.6. The van der Waals surface area contributed by atoms with Gasteiger partial charge in [-0.15, -0.1) is 0 Å². The highest BCUT2D eigenvalue weighted by Gasteiger charge is 2.03.